The predicted octanol–water partition coefficient (Wildman–Crippen LogP) is 2.33. The maximum absolute atomic E-state index is 11.7. The number of hydrogen-bond donors (Lipinski definition) is 3. The van der Waals surface area contributed by atoms with E-state index in [4.69, 9.17) is 5.11 Å². The number of aliphatic hydroxyl groups is 1. The Labute approximate surface area is 133 Å². The number of amides is 2. The first-order chi connectivity index (χ1) is 10.6. The van der Waals surface area contributed by atoms with E-state index in [1.807, 2.05) is 13.8 Å². The summed E-state index contributed by atoms with van der Waals surface area (Å²) in [4.78, 5) is 11.7. The zero-order valence-electron chi connectivity index (χ0n) is 12.7. The van der Waals surface area contributed by atoms with Crippen LogP contribution < -0.4 is 10.6 Å². The number of carbonyl (C=O) groups is 1. The van der Waals surface area contributed by atoms with Gasteiger partial charge in [0.2, 0.25) is 5.13 Å². The zero-order valence-corrected chi connectivity index (χ0v) is 13.5. The van der Waals surface area contributed by atoms with Crippen molar-refractivity contribution in [1.29, 1.82) is 0 Å². The third-order valence-electron chi connectivity index (χ3n) is 3.10. The van der Waals surface area contributed by atoms with Gasteiger partial charge in [-0.15, -0.1) is 10.2 Å². The summed E-state index contributed by atoms with van der Waals surface area (Å²) < 4.78 is 0. The number of aryl methyl sites for hydroxylation is 1. The van der Waals surface area contributed by atoms with Crippen molar-refractivity contribution in [3.63, 3.8) is 0 Å². The van der Waals surface area contributed by atoms with Crippen LogP contribution in [0.3, 0.4) is 0 Å². The summed E-state index contributed by atoms with van der Waals surface area (Å²) in [6.07, 6.45) is 1.21. The molecule has 1 aromatic carbocycles. The Morgan fingerprint density at radius 3 is 2.73 bits per heavy atom. The maximum atomic E-state index is 11.7. The standard InChI is InChI=1S/C15H20N4O2S/c1-10-3-5-12(6-4-10)9-13-18-19-15(22-13)17-14(21)16-11(2)7-8-20/h3-6,11,20H,7-9H2,1-2H3,(H2,16,17,19,21)/t11-/m1/s1. The van der Waals surface area contributed by atoms with E-state index in [0.29, 0.717) is 18.0 Å². The second-order valence-corrected chi connectivity index (χ2v) is 6.24. The SMILES string of the molecule is Cc1ccc(Cc2nnc(NC(=O)N[C@H](C)CCO)s2)cc1. The molecule has 0 unspecified atom stereocenters. The molecule has 1 heterocycles. The van der Waals surface area contributed by atoms with Gasteiger partial charge in [-0.05, 0) is 25.8 Å². The van der Waals surface area contributed by atoms with Gasteiger partial charge in [-0.2, -0.15) is 0 Å². The van der Waals surface area contributed by atoms with E-state index in [1.165, 1.54) is 16.9 Å². The van der Waals surface area contributed by atoms with Gasteiger partial charge in [0.15, 0.2) is 0 Å². The van der Waals surface area contributed by atoms with E-state index in [2.05, 4.69) is 45.1 Å². The van der Waals surface area contributed by atoms with Gasteiger partial charge in [0.05, 0.1) is 0 Å². The molecular formula is C15H20N4O2S. The molecule has 0 bridgehead atoms. The average molecular weight is 320 g/mol. The summed E-state index contributed by atoms with van der Waals surface area (Å²) in [5.74, 6) is 0. The summed E-state index contributed by atoms with van der Waals surface area (Å²) in [6.45, 7) is 3.92. The highest BCUT2D eigenvalue weighted by molar-refractivity contribution is 7.15. The molecule has 3 N–H and O–H groups in total. The average Bonchev–Trinajstić information content (AvgIpc) is 2.88. The molecule has 0 aliphatic heterocycles. The first-order valence-corrected chi connectivity index (χ1v) is 7.95. The Hall–Kier alpha value is -1.99. The van der Waals surface area contributed by atoms with Crippen LogP contribution in [0.5, 0.6) is 0 Å². The summed E-state index contributed by atoms with van der Waals surface area (Å²) in [6, 6.07) is 7.82. The van der Waals surface area contributed by atoms with Crippen molar-refractivity contribution < 1.29 is 9.90 Å². The quantitative estimate of drug-likeness (QED) is 0.762. The number of carbonyl (C=O) groups excluding carboxylic acids is 1. The fourth-order valence-electron chi connectivity index (χ4n) is 1.88. The fraction of sp³-hybridized carbons (Fsp3) is 0.400. The van der Waals surface area contributed by atoms with Crippen LogP contribution in [0.15, 0.2) is 24.3 Å². The normalized spacial score (nSPS) is 12.0. The molecule has 2 aromatic rings. The van der Waals surface area contributed by atoms with Gasteiger partial charge < -0.3 is 10.4 Å². The zero-order chi connectivity index (χ0) is 15.9. The minimum Gasteiger partial charge on any atom is -0.396 e. The Morgan fingerprint density at radius 1 is 1.32 bits per heavy atom. The van der Waals surface area contributed by atoms with Crippen LogP contribution in [0, 0.1) is 6.92 Å². The van der Waals surface area contributed by atoms with E-state index >= 15 is 0 Å². The van der Waals surface area contributed by atoms with Gasteiger partial charge in [-0.3, -0.25) is 5.32 Å². The van der Waals surface area contributed by atoms with E-state index in [1.54, 1.807) is 0 Å². The number of aromatic nitrogens is 2. The molecule has 1 aromatic heterocycles. The molecule has 1 atom stereocenters. The van der Waals surface area contributed by atoms with Crippen molar-refractivity contribution >= 4 is 22.5 Å². The Balaban J connectivity index is 1.88. The lowest BCUT2D eigenvalue weighted by Crippen LogP contribution is -2.36. The monoisotopic (exact) mass is 320 g/mol. The molecule has 0 saturated heterocycles. The first kappa shape index (κ1) is 16.4. The van der Waals surface area contributed by atoms with Crippen molar-refractivity contribution in [2.24, 2.45) is 0 Å². The number of urea groups is 1. The number of rotatable bonds is 6. The Morgan fingerprint density at radius 2 is 2.05 bits per heavy atom. The van der Waals surface area contributed by atoms with Crippen LogP contribution in [0.1, 0.15) is 29.5 Å². The Bertz CT molecular complexity index is 612. The lowest BCUT2D eigenvalue weighted by atomic mass is 10.1. The Kier molecular flexibility index (Phi) is 5.85. The minimum absolute atomic E-state index is 0.0426. The van der Waals surface area contributed by atoms with Crippen LogP contribution in [-0.2, 0) is 6.42 Å². The van der Waals surface area contributed by atoms with E-state index in [-0.39, 0.29) is 18.7 Å². The molecule has 0 aliphatic rings. The molecule has 22 heavy (non-hydrogen) atoms. The maximum Gasteiger partial charge on any atom is 0.321 e. The number of nitrogens with zero attached hydrogens (tertiary/aromatic N) is 2. The summed E-state index contributed by atoms with van der Waals surface area (Å²) >= 11 is 1.36. The number of benzene rings is 1. The molecule has 0 aliphatic carbocycles. The fourth-order valence-corrected chi connectivity index (χ4v) is 2.65. The van der Waals surface area contributed by atoms with E-state index in [9.17, 15) is 4.79 Å². The molecule has 118 valence electrons. The van der Waals surface area contributed by atoms with Gasteiger partial charge in [0.1, 0.15) is 5.01 Å². The van der Waals surface area contributed by atoms with Gasteiger partial charge in [-0.25, -0.2) is 4.79 Å². The van der Waals surface area contributed by atoms with Gasteiger partial charge in [0.25, 0.3) is 0 Å². The van der Waals surface area contributed by atoms with Crippen LogP contribution >= 0.6 is 11.3 Å². The third-order valence-corrected chi connectivity index (χ3v) is 3.94. The lowest BCUT2D eigenvalue weighted by Gasteiger charge is -2.11. The van der Waals surface area contributed by atoms with Crippen molar-refractivity contribution in [1.82, 2.24) is 15.5 Å². The number of aliphatic hydroxyl groups excluding tert-OH is 1. The summed E-state index contributed by atoms with van der Waals surface area (Å²) in [7, 11) is 0. The lowest BCUT2D eigenvalue weighted by molar-refractivity contribution is 0.241. The highest BCUT2D eigenvalue weighted by Crippen LogP contribution is 2.18. The van der Waals surface area contributed by atoms with Crippen molar-refractivity contribution in [2.75, 3.05) is 11.9 Å². The second-order valence-electron chi connectivity index (χ2n) is 5.18. The highest BCUT2D eigenvalue weighted by Gasteiger charge is 2.10. The van der Waals surface area contributed by atoms with Crippen molar-refractivity contribution in [2.45, 2.75) is 32.7 Å². The van der Waals surface area contributed by atoms with E-state index in [0.717, 1.165) is 10.6 Å². The molecule has 6 nitrogen and oxygen atoms in total. The third kappa shape index (κ3) is 5.09. The van der Waals surface area contributed by atoms with Crippen LogP contribution in [0.2, 0.25) is 0 Å². The largest absolute Gasteiger partial charge is 0.396 e. The number of hydrogen-bond acceptors (Lipinski definition) is 5. The van der Waals surface area contributed by atoms with Gasteiger partial charge >= 0.3 is 6.03 Å². The molecule has 0 spiro atoms. The summed E-state index contributed by atoms with van der Waals surface area (Å²) in [5, 5.41) is 23.6. The summed E-state index contributed by atoms with van der Waals surface area (Å²) in [5.41, 5.74) is 2.38. The minimum atomic E-state index is -0.334. The second kappa shape index (κ2) is 7.86. The van der Waals surface area contributed by atoms with Crippen LogP contribution in [0.4, 0.5) is 9.93 Å². The van der Waals surface area contributed by atoms with Crippen LogP contribution in [0.25, 0.3) is 0 Å². The molecule has 2 amide bonds. The van der Waals surface area contributed by atoms with Crippen molar-refractivity contribution in [3.05, 3.63) is 40.4 Å². The first-order valence-electron chi connectivity index (χ1n) is 7.13. The predicted molar refractivity (Wildman–Crippen MR) is 87.2 cm³/mol. The number of nitrogens with one attached hydrogen (secondary N) is 2. The molecule has 0 saturated carbocycles. The van der Waals surface area contributed by atoms with Crippen LogP contribution in [-0.4, -0.2) is 34.0 Å². The molecule has 7 heteroatoms. The molecule has 0 radical (unpaired) electrons. The topological polar surface area (TPSA) is 87.1 Å². The highest BCUT2D eigenvalue weighted by atomic mass is 32.1. The number of anilines is 1. The molecule has 0 fully saturated rings. The van der Waals surface area contributed by atoms with E-state index < -0.39 is 0 Å². The molecular weight excluding hydrogens is 300 g/mol. The smallest absolute Gasteiger partial charge is 0.321 e. The van der Waals surface area contributed by atoms with Gasteiger partial charge in [-0.1, -0.05) is 41.2 Å². The van der Waals surface area contributed by atoms with Gasteiger partial charge in [0, 0.05) is 19.1 Å². The van der Waals surface area contributed by atoms with Crippen molar-refractivity contribution in [3.8, 4) is 0 Å². The molecule has 2 rings (SSSR count).